The van der Waals surface area contributed by atoms with Crippen LogP contribution in [-0.4, -0.2) is 8.07 Å². The van der Waals surface area contributed by atoms with E-state index in [1.807, 2.05) is 0 Å². The summed E-state index contributed by atoms with van der Waals surface area (Å²) in [7, 11) is -1.12. The van der Waals surface area contributed by atoms with Crippen LogP contribution in [0.15, 0.2) is 24.3 Å². The van der Waals surface area contributed by atoms with Crippen LogP contribution in [0.5, 0.6) is 0 Å². The lowest BCUT2D eigenvalue weighted by atomic mass is 10.2. The van der Waals surface area contributed by atoms with Crippen molar-refractivity contribution in [2.45, 2.75) is 45.8 Å². The smallest absolute Gasteiger partial charge is 0.0675 e. The quantitative estimate of drug-likeness (QED) is 0.659. The summed E-state index contributed by atoms with van der Waals surface area (Å²) in [6, 6.07) is 13.4. The van der Waals surface area contributed by atoms with Crippen molar-refractivity contribution < 1.29 is 0 Å². The summed E-state index contributed by atoms with van der Waals surface area (Å²) in [4.78, 5) is 0. The predicted molar refractivity (Wildman–Crippen MR) is 68.0 cm³/mol. The molecule has 0 bridgehead atoms. The van der Waals surface area contributed by atoms with Crippen molar-refractivity contribution in [3.05, 3.63) is 29.8 Å². The summed E-state index contributed by atoms with van der Waals surface area (Å²) in [6.07, 6.45) is 0. The number of hydrogen-bond acceptors (Lipinski definition) is 0. The molecule has 0 heterocycles. The molecule has 0 aliphatic rings. The molecule has 1 rings (SSSR count). The fourth-order valence-corrected chi connectivity index (χ4v) is 5.87. The molecule has 0 nitrogen and oxygen atoms in total. The second-order valence-corrected chi connectivity index (χ2v) is 9.47. The van der Waals surface area contributed by atoms with E-state index in [4.69, 9.17) is 0 Å². The minimum Gasteiger partial charge on any atom is -0.0675 e. The molecular weight excluding hydrogens is 184 g/mol. The molecule has 78 valence electrons. The van der Waals surface area contributed by atoms with Crippen molar-refractivity contribution in [3.63, 3.8) is 0 Å². The Kier molecular flexibility index (Phi) is 3.94. The molecule has 1 aromatic rings. The van der Waals surface area contributed by atoms with Gasteiger partial charge in [0.15, 0.2) is 0 Å². The zero-order chi connectivity index (χ0) is 10.6. The van der Waals surface area contributed by atoms with E-state index in [1.165, 1.54) is 23.7 Å². The molecule has 0 fully saturated rings. The summed E-state index contributed by atoms with van der Waals surface area (Å²) in [5.41, 5.74) is 1.37. The highest BCUT2D eigenvalue weighted by Gasteiger charge is 2.28. The average molecular weight is 206 g/mol. The third kappa shape index (κ3) is 2.09. The van der Waals surface area contributed by atoms with Crippen LogP contribution in [0.1, 0.15) is 26.3 Å². The van der Waals surface area contributed by atoms with Gasteiger partial charge in [0, 0.05) is 0 Å². The molecule has 0 aromatic heterocycles. The maximum Gasteiger partial charge on any atom is 0.0859 e. The van der Waals surface area contributed by atoms with Gasteiger partial charge in [0.25, 0.3) is 0 Å². The SMILES string of the molecule is CC[Si](CC)(CC)c1ccc(C)cc1. The predicted octanol–water partition coefficient (Wildman–Crippen LogP) is 3.71. The third-order valence-electron chi connectivity index (χ3n) is 3.69. The lowest BCUT2D eigenvalue weighted by Crippen LogP contribution is -2.45. The highest BCUT2D eigenvalue weighted by atomic mass is 28.3. The van der Waals surface area contributed by atoms with Gasteiger partial charge in [-0.05, 0) is 6.92 Å². The molecule has 1 heteroatoms. The summed E-state index contributed by atoms with van der Waals surface area (Å²) >= 11 is 0. The molecular formula is C13H22Si. The van der Waals surface area contributed by atoms with Gasteiger partial charge in [-0.15, -0.1) is 0 Å². The van der Waals surface area contributed by atoms with Crippen LogP contribution in [0.4, 0.5) is 0 Å². The highest BCUT2D eigenvalue weighted by Crippen LogP contribution is 2.20. The number of benzene rings is 1. The van der Waals surface area contributed by atoms with Gasteiger partial charge in [-0.2, -0.15) is 0 Å². The fourth-order valence-electron chi connectivity index (χ4n) is 2.27. The Morgan fingerprint density at radius 2 is 1.29 bits per heavy atom. The molecule has 0 aliphatic heterocycles. The van der Waals surface area contributed by atoms with E-state index in [2.05, 4.69) is 52.0 Å². The number of rotatable bonds is 4. The van der Waals surface area contributed by atoms with Crippen molar-refractivity contribution in [2.24, 2.45) is 0 Å². The Morgan fingerprint density at radius 1 is 0.857 bits per heavy atom. The van der Waals surface area contributed by atoms with Gasteiger partial charge < -0.3 is 0 Å². The molecule has 0 saturated heterocycles. The maximum atomic E-state index is 2.36. The Morgan fingerprint density at radius 3 is 1.64 bits per heavy atom. The first-order valence-electron chi connectivity index (χ1n) is 5.75. The molecule has 0 saturated carbocycles. The zero-order valence-corrected chi connectivity index (χ0v) is 10.9. The average Bonchev–Trinajstić information content (AvgIpc) is 2.24. The monoisotopic (exact) mass is 206 g/mol. The lowest BCUT2D eigenvalue weighted by Gasteiger charge is -2.28. The first kappa shape index (κ1) is 11.5. The van der Waals surface area contributed by atoms with Gasteiger partial charge in [0.1, 0.15) is 0 Å². The van der Waals surface area contributed by atoms with E-state index < -0.39 is 8.07 Å². The van der Waals surface area contributed by atoms with Crippen molar-refractivity contribution >= 4 is 13.3 Å². The number of aryl methyl sites for hydroxylation is 1. The van der Waals surface area contributed by atoms with Gasteiger partial charge in [-0.3, -0.25) is 0 Å². The lowest BCUT2D eigenvalue weighted by molar-refractivity contribution is 1.19. The van der Waals surface area contributed by atoms with Crippen LogP contribution in [0.2, 0.25) is 18.1 Å². The van der Waals surface area contributed by atoms with Crippen molar-refractivity contribution in [2.75, 3.05) is 0 Å². The molecule has 1 aromatic carbocycles. The molecule has 0 unspecified atom stereocenters. The summed E-state index contributed by atoms with van der Waals surface area (Å²) in [6.45, 7) is 9.24. The molecule has 0 amide bonds. The fraction of sp³-hybridized carbons (Fsp3) is 0.538. The first-order valence-corrected chi connectivity index (χ1v) is 8.37. The Labute approximate surface area is 89.4 Å². The minimum absolute atomic E-state index is 1.12. The molecule has 0 atom stereocenters. The van der Waals surface area contributed by atoms with Crippen LogP contribution in [0, 0.1) is 6.92 Å². The van der Waals surface area contributed by atoms with Crippen molar-refractivity contribution in [3.8, 4) is 0 Å². The topological polar surface area (TPSA) is 0 Å². The van der Waals surface area contributed by atoms with Gasteiger partial charge >= 0.3 is 0 Å². The standard InChI is InChI=1S/C13H22Si/c1-5-14(6-2,7-3)13-10-8-12(4)9-11-13/h8-11H,5-7H2,1-4H3. The van der Waals surface area contributed by atoms with Crippen LogP contribution >= 0.6 is 0 Å². The van der Waals surface area contributed by atoms with Gasteiger partial charge in [0.05, 0.1) is 8.07 Å². The zero-order valence-electron chi connectivity index (χ0n) is 9.93. The van der Waals surface area contributed by atoms with Crippen LogP contribution in [0.3, 0.4) is 0 Å². The van der Waals surface area contributed by atoms with Gasteiger partial charge in [-0.1, -0.05) is 73.9 Å². The minimum atomic E-state index is -1.12. The Bertz CT molecular complexity index is 262. The van der Waals surface area contributed by atoms with E-state index in [9.17, 15) is 0 Å². The van der Waals surface area contributed by atoms with E-state index in [0.29, 0.717) is 0 Å². The second-order valence-electron chi connectivity index (χ2n) is 4.21. The summed E-state index contributed by atoms with van der Waals surface area (Å²) < 4.78 is 0. The van der Waals surface area contributed by atoms with E-state index >= 15 is 0 Å². The Balaban J connectivity index is 3.05. The largest absolute Gasteiger partial charge is 0.0859 e. The van der Waals surface area contributed by atoms with E-state index in [-0.39, 0.29) is 0 Å². The third-order valence-corrected chi connectivity index (χ3v) is 9.31. The second kappa shape index (κ2) is 4.79. The normalized spacial score (nSPS) is 11.7. The van der Waals surface area contributed by atoms with Crippen LogP contribution < -0.4 is 5.19 Å². The molecule has 0 spiro atoms. The van der Waals surface area contributed by atoms with Crippen molar-refractivity contribution in [1.82, 2.24) is 0 Å². The van der Waals surface area contributed by atoms with Crippen molar-refractivity contribution in [1.29, 1.82) is 0 Å². The highest BCUT2D eigenvalue weighted by molar-refractivity contribution is 6.91. The molecule has 14 heavy (non-hydrogen) atoms. The van der Waals surface area contributed by atoms with Gasteiger partial charge in [-0.25, -0.2) is 0 Å². The van der Waals surface area contributed by atoms with Crippen LogP contribution in [-0.2, 0) is 0 Å². The summed E-state index contributed by atoms with van der Waals surface area (Å²) in [5, 5.41) is 1.65. The first-order chi connectivity index (χ1) is 6.68. The summed E-state index contributed by atoms with van der Waals surface area (Å²) in [5.74, 6) is 0. The number of hydrogen-bond donors (Lipinski definition) is 0. The molecule has 0 aliphatic carbocycles. The molecule has 0 N–H and O–H groups in total. The van der Waals surface area contributed by atoms with E-state index in [1.54, 1.807) is 5.19 Å². The van der Waals surface area contributed by atoms with Gasteiger partial charge in [0.2, 0.25) is 0 Å². The van der Waals surface area contributed by atoms with Crippen LogP contribution in [0.25, 0.3) is 0 Å². The van der Waals surface area contributed by atoms with E-state index in [0.717, 1.165) is 0 Å². The molecule has 0 radical (unpaired) electrons. The maximum absolute atomic E-state index is 2.36. The Hall–Kier alpha value is -0.563.